The van der Waals surface area contributed by atoms with Gasteiger partial charge in [0.15, 0.2) is 0 Å². The lowest BCUT2D eigenvalue weighted by atomic mass is 9.85. The topological polar surface area (TPSA) is 98.7 Å². The van der Waals surface area contributed by atoms with Crippen molar-refractivity contribution in [1.29, 1.82) is 0 Å². The van der Waals surface area contributed by atoms with Gasteiger partial charge in [-0.25, -0.2) is 9.59 Å². The van der Waals surface area contributed by atoms with E-state index in [4.69, 9.17) is 0 Å². The monoisotopic (exact) mass is 383 g/mol. The summed E-state index contributed by atoms with van der Waals surface area (Å²) in [5, 5.41) is 15.4. The fraction of sp³-hybridized carbons (Fsp3) is 0.850. The van der Waals surface area contributed by atoms with Crippen LogP contribution in [0.4, 0.5) is 4.79 Å². The summed E-state index contributed by atoms with van der Waals surface area (Å²) in [4.78, 5) is 39.1. The summed E-state index contributed by atoms with van der Waals surface area (Å²) in [6, 6.07) is -2.15. The van der Waals surface area contributed by atoms with Gasteiger partial charge in [0.05, 0.1) is 0 Å². The van der Waals surface area contributed by atoms with Gasteiger partial charge < -0.3 is 20.6 Å². The summed E-state index contributed by atoms with van der Waals surface area (Å²) in [5.74, 6) is -1.43. The molecule has 1 aliphatic carbocycles. The molecule has 0 aromatic rings. The van der Waals surface area contributed by atoms with E-state index in [-0.39, 0.29) is 23.8 Å². The van der Waals surface area contributed by atoms with Gasteiger partial charge in [0, 0.05) is 12.1 Å². The Labute approximate surface area is 163 Å². The van der Waals surface area contributed by atoms with Crippen LogP contribution in [0.3, 0.4) is 0 Å². The average molecular weight is 384 g/mol. The maximum Gasteiger partial charge on any atom is 0.326 e. The molecule has 7 heteroatoms. The van der Waals surface area contributed by atoms with Gasteiger partial charge in [0.25, 0.3) is 0 Å². The molecule has 1 saturated carbocycles. The van der Waals surface area contributed by atoms with Crippen LogP contribution >= 0.6 is 0 Å². The first-order valence-electron chi connectivity index (χ1n) is 9.63. The van der Waals surface area contributed by atoms with Gasteiger partial charge in [-0.2, -0.15) is 0 Å². The maximum absolute atomic E-state index is 13.3. The van der Waals surface area contributed by atoms with E-state index < -0.39 is 35.0 Å². The minimum atomic E-state index is -0.993. The summed E-state index contributed by atoms with van der Waals surface area (Å²) < 4.78 is 0. The molecule has 1 fully saturated rings. The van der Waals surface area contributed by atoms with Crippen LogP contribution in [0.5, 0.6) is 0 Å². The van der Waals surface area contributed by atoms with E-state index in [1.165, 1.54) is 4.90 Å². The number of nitrogens with zero attached hydrogens (tertiary/aromatic N) is 1. The molecule has 0 aliphatic heterocycles. The lowest BCUT2D eigenvalue weighted by Gasteiger charge is -2.38. The van der Waals surface area contributed by atoms with E-state index in [1.54, 1.807) is 6.92 Å². The predicted molar refractivity (Wildman–Crippen MR) is 105 cm³/mol. The molecule has 0 heterocycles. The zero-order chi connectivity index (χ0) is 21.4. The van der Waals surface area contributed by atoms with Crippen LogP contribution in [0.25, 0.3) is 0 Å². The number of carboxylic acid groups (broad SMARTS) is 1. The van der Waals surface area contributed by atoms with Crippen LogP contribution in [-0.4, -0.2) is 52.1 Å². The van der Waals surface area contributed by atoms with Crippen LogP contribution in [-0.2, 0) is 9.59 Å². The number of nitrogens with one attached hydrogen (secondary N) is 2. The lowest BCUT2D eigenvalue weighted by Crippen LogP contribution is -2.61. The Morgan fingerprint density at radius 2 is 1.63 bits per heavy atom. The number of likely N-dealkylation sites (N-methyl/N-ethyl adjacent to an activating group) is 1. The average Bonchev–Trinajstić information content (AvgIpc) is 3.05. The second-order valence-corrected chi connectivity index (χ2v) is 10.4. The Balaban J connectivity index is 3.11. The first-order chi connectivity index (χ1) is 12.0. The van der Waals surface area contributed by atoms with E-state index in [1.807, 2.05) is 55.4 Å². The molecular formula is C20H37N3O4. The number of hydrogen-bond donors (Lipinski definition) is 3. The summed E-state index contributed by atoms with van der Waals surface area (Å²) in [5.41, 5.74) is -1.10. The van der Waals surface area contributed by atoms with Crippen molar-refractivity contribution < 1.29 is 19.5 Å². The molecule has 0 radical (unpaired) electrons. The van der Waals surface area contributed by atoms with Crippen molar-refractivity contribution in [3.8, 4) is 0 Å². The molecule has 0 aromatic heterocycles. The number of urea groups is 1. The van der Waals surface area contributed by atoms with Crippen molar-refractivity contribution in [2.45, 2.75) is 86.4 Å². The summed E-state index contributed by atoms with van der Waals surface area (Å²) in [6.45, 7) is 17.2. The Bertz CT molecular complexity index is 587. The third kappa shape index (κ3) is 6.11. The SMILES string of the molecule is CCN(C(=O)[C@@H](NC(=O)NC(C)(C)C)C(C)(C)C)[C@H](C(=O)O)[C@@H]1CC1(C)C. The van der Waals surface area contributed by atoms with Crippen LogP contribution in [0.15, 0.2) is 0 Å². The van der Waals surface area contributed by atoms with Gasteiger partial charge in [0.2, 0.25) is 5.91 Å². The molecule has 156 valence electrons. The van der Waals surface area contributed by atoms with Gasteiger partial charge in [-0.15, -0.1) is 0 Å². The molecule has 7 nitrogen and oxygen atoms in total. The largest absolute Gasteiger partial charge is 0.480 e. The van der Waals surface area contributed by atoms with Crippen LogP contribution < -0.4 is 10.6 Å². The highest BCUT2D eigenvalue weighted by molar-refractivity contribution is 5.91. The minimum absolute atomic E-state index is 0.0806. The van der Waals surface area contributed by atoms with Crippen molar-refractivity contribution in [3.05, 3.63) is 0 Å². The molecular weight excluding hydrogens is 346 g/mol. The smallest absolute Gasteiger partial charge is 0.326 e. The van der Waals surface area contributed by atoms with E-state index >= 15 is 0 Å². The van der Waals surface area contributed by atoms with Gasteiger partial charge in [-0.3, -0.25) is 4.79 Å². The number of carbonyl (C=O) groups is 3. The number of aliphatic carboxylic acids is 1. The molecule has 0 unspecified atom stereocenters. The van der Waals surface area contributed by atoms with Crippen molar-refractivity contribution in [2.24, 2.45) is 16.7 Å². The van der Waals surface area contributed by atoms with Gasteiger partial charge in [-0.05, 0) is 50.9 Å². The molecule has 3 amide bonds. The number of rotatable bonds is 6. The second kappa shape index (κ2) is 7.68. The minimum Gasteiger partial charge on any atom is -0.480 e. The number of carboxylic acids is 1. The van der Waals surface area contributed by atoms with Crippen LogP contribution in [0.2, 0.25) is 0 Å². The molecule has 0 bridgehead atoms. The Morgan fingerprint density at radius 1 is 1.15 bits per heavy atom. The van der Waals surface area contributed by atoms with E-state index in [9.17, 15) is 19.5 Å². The summed E-state index contributed by atoms with van der Waals surface area (Å²) in [6.07, 6.45) is 0.770. The fourth-order valence-electron chi connectivity index (χ4n) is 3.38. The van der Waals surface area contributed by atoms with E-state index in [0.29, 0.717) is 0 Å². The third-order valence-corrected chi connectivity index (χ3v) is 5.06. The second-order valence-electron chi connectivity index (χ2n) is 10.4. The number of carbonyl (C=O) groups excluding carboxylic acids is 2. The highest BCUT2D eigenvalue weighted by atomic mass is 16.4. The Kier molecular flexibility index (Phi) is 6.61. The molecule has 0 spiro atoms. The van der Waals surface area contributed by atoms with E-state index in [2.05, 4.69) is 10.6 Å². The molecule has 0 aromatic carbocycles. The first-order valence-corrected chi connectivity index (χ1v) is 9.63. The van der Waals surface area contributed by atoms with Crippen LogP contribution in [0.1, 0.15) is 68.7 Å². The Hall–Kier alpha value is -1.79. The summed E-state index contributed by atoms with van der Waals surface area (Å²) in [7, 11) is 0. The van der Waals surface area contributed by atoms with Crippen molar-refractivity contribution in [2.75, 3.05) is 6.54 Å². The van der Waals surface area contributed by atoms with Gasteiger partial charge in [-0.1, -0.05) is 34.6 Å². The third-order valence-electron chi connectivity index (χ3n) is 5.06. The zero-order valence-corrected chi connectivity index (χ0v) is 18.3. The quantitative estimate of drug-likeness (QED) is 0.657. The normalized spacial score (nSPS) is 21.0. The number of amides is 3. The molecule has 0 saturated heterocycles. The highest BCUT2D eigenvalue weighted by Crippen LogP contribution is 2.54. The van der Waals surface area contributed by atoms with Crippen LogP contribution in [0, 0.1) is 16.7 Å². The molecule has 1 aliphatic rings. The first kappa shape index (κ1) is 23.2. The van der Waals surface area contributed by atoms with Gasteiger partial charge >= 0.3 is 12.0 Å². The standard InChI is InChI=1S/C20H37N3O4/c1-10-23(13(16(25)26)12-11-20(12,8)9)15(24)14(18(2,3)4)21-17(27)22-19(5,6)7/h12-14H,10-11H2,1-9H3,(H,25,26)(H2,21,22,27)/t12-,13-,14+/m0/s1. The number of hydrogen-bond acceptors (Lipinski definition) is 3. The summed E-state index contributed by atoms with van der Waals surface area (Å²) >= 11 is 0. The zero-order valence-electron chi connectivity index (χ0n) is 18.3. The highest BCUT2D eigenvalue weighted by Gasteiger charge is 2.56. The van der Waals surface area contributed by atoms with E-state index in [0.717, 1.165) is 6.42 Å². The molecule has 3 N–H and O–H groups in total. The Morgan fingerprint density at radius 3 is 1.93 bits per heavy atom. The van der Waals surface area contributed by atoms with Gasteiger partial charge in [0.1, 0.15) is 12.1 Å². The maximum atomic E-state index is 13.3. The predicted octanol–water partition coefficient (Wildman–Crippen LogP) is 2.85. The fourth-order valence-corrected chi connectivity index (χ4v) is 3.38. The molecule has 27 heavy (non-hydrogen) atoms. The molecule has 1 rings (SSSR count). The van der Waals surface area contributed by atoms with Crippen molar-refractivity contribution in [3.63, 3.8) is 0 Å². The van der Waals surface area contributed by atoms with Crippen molar-refractivity contribution >= 4 is 17.9 Å². The lowest BCUT2D eigenvalue weighted by molar-refractivity contribution is -0.153. The molecule has 3 atom stereocenters. The van der Waals surface area contributed by atoms with Crippen molar-refractivity contribution in [1.82, 2.24) is 15.5 Å².